The molecule has 1 aromatic rings. The average Bonchev–Trinajstić information content (AvgIpc) is 2.26. The van der Waals surface area contributed by atoms with Gasteiger partial charge in [0.25, 0.3) is 0 Å². The number of benzene rings is 1. The highest BCUT2D eigenvalue weighted by atomic mass is 15.0. The van der Waals surface area contributed by atoms with Gasteiger partial charge in [0, 0.05) is 11.2 Å². The van der Waals surface area contributed by atoms with Gasteiger partial charge in [0.05, 0.1) is 0 Å². The summed E-state index contributed by atoms with van der Waals surface area (Å²) in [6, 6.07) is 6.59. The molecule has 0 radical (unpaired) electrons. The fourth-order valence-corrected chi connectivity index (χ4v) is 3.03. The molecular weight excluding hydrogens is 194 g/mol. The van der Waals surface area contributed by atoms with Gasteiger partial charge in [0.2, 0.25) is 0 Å². The summed E-state index contributed by atoms with van der Waals surface area (Å²) >= 11 is 0. The normalized spacial score (nSPS) is 33.1. The minimum atomic E-state index is 0.236. The van der Waals surface area contributed by atoms with Gasteiger partial charge in [-0.25, -0.2) is 0 Å². The molecule has 1 heteroatoms. The van der Waals surface area contributed by atoms with Gasteiger partial charge in [-0.15, -0.1) is 0 Å². The van der Waals surface area contributed by atoms with Crippen molar-refractivity contribution < 1.29 is 0 Å². The van der Waals surface area contributed by atoms with Crippen LogP contribution in [0, 0.1) is 12.8 Å². The molecule has 1 N–H and O–H groups in total. The minimum Gasteiger partial charge on any atom is -0.379 e. The first-order valence-electron chi connectivity index (χ1n) is 6.37. The second-order valence-electron chi connectivity index (χ2n) is 5.51. The molecule has 1 aliphatic rings. The second-order valence-corrected chi connectivity index (χ2v) is 5.51. The lowest BCUT2D eigenvalue weighted by molar-refractivity contribution is 0.284. The van der Waals surface area contributed by atoms with E-state index in [0.29, 0.717) is 11.8 Å². The molecule has 1 nitrogen and oxygen atoms in total. The number of hydrogen-bond acceptors (Lipinski definition) is 1. The maximum Gasteiger partial charge on any atom is 0.0382 e. The van der Waals surface area contributed by atoms with E-state index in [1.165, 1.54) is 23.2 Å². The van der Waals surface area contributed by atoms with Crippen molar-refractivity contribution in [1.29, 1.82) is 0 Å². The van der Waals surface area contributed by atoms with Crippen LogP contribution in [0.1, 0.15) is 51.2 Å². The number of nitrogens with one attached hydrogen (secondary N) is 1. The predicted molar refractivity (Wildman–Crippen MR) is 71.1 cm³/mol. The zero-order valence-corrected chi connectivity index (χ0v) is 11.1. The minimum absolute atomic E-state index is 0.236. The summed E-state index contributed by atoms with van der Waals surface area (Å²) in [7, 11) is 0. The highest BCUT2D eigenvalue weighted by Crippen LogP contribution is 2.45. The second kappa shape index (κ2) is 3.80. The standard InChI is InChI=1S/C15H23N/c1-6-15(5)12(4)11(3)14-10(2)8-7-9-13(14)16-15/h7-9,11-12,16H,6H2,1-5H3. The molecule has 1 heterocycles. The van der Waals surface area contributed by atoms with Crippen molar-refractivity contribution in [3.8, 4) is 0 Å². The maximum atomic E-state index is 3.74. The van der Waals surface area contributed by atoms with E-state index in [2.05, 4.69) is 58.1 Å². The van der Waals surface area contributed by atoms with E-state index in [9.17, 15) is 0 Å². The molecule has 1 aromatic carbocycles. The van der Waals surface area contributed by atoms with Crippen LogP contribution in [0.15, 0.2) is 18.2 Å². The molecule has 0 spiro atoms. The largest absolute Gasteiger partial charge is 0.379 e. The Morgan fingerprint density at radius 2 is 2.00 bits per heavy atom. The summed E-state index contributed by atoms with van der Waals surface area (Å²) in [5.41, 5.74) is 4.51. The first kappa shape index (κ1) is 11.5. The molecular formula is C15H23N. The number of fused-ring (bicyclic) bond motifs is 1. The zero-order chi connectivity index (χ0) is 11.9. The molecule has 0 amide bonds. The number of aryl methyl sites for hydroxylation is 1. The van der Waals surface area contributed by atoms with Crippen LogP contribution < -0.4 is 5.32 Å². The lowest BCUT2D eigenvalue weighted by Crippen LogP contribution is -2.46. The Bertz CT molecular complexity index is 396. The third-order valence-corrected chi connectivity index (χ3v) is 4.69. The van der Waals surface area contributed by atoms with E-state index >= 15 is 0 Å². The summed E-state index contributed by atoms with van der Waals surface area (Å²) in [6.45, 7) is 11.6. The quantitative estimate of drug-likeness (QED) is 0.738. The summed E-state index contributed by atoms with van der Waals surface area (Å²) < 4.78 is 0. The fraction of sp³-hybridized carbons (Fsp3) is 0.600. The molecule has 1 aliphatic heterocycles. The van der Waals surface area contributed by atoms with Gasteiger partial charge in [-0.2, -0.15) is 0 Å². The van der Waals surface area contributed by atoms with Crippen LogP contribution in [0.5, 0.6) is 0 Å². The van der Waals surface area contributed by atoms with Crippen molar-refractivity contribution in [2.45, 2.75) is 52.5 Å². The van der Waals surface area contributed by atoms with Gasteiger partial charge in [-0.3, -0.25) is 0 Å². The first-order chi connectivity index (χ1) is 7.49. The van der Waals surface area contributed by atoms with E-state index in [1.807, 2.05) is 0 Å². The van der Waals surface area contributed by atoms with Gasteiger partial charge < -0.3 is 5.32 Å². The van der Waals surface area contributed by atoms with Gasteiger partial charge in [0.15, 0.2) is 0 Å². The Labute approximate surface area is 99.3 Å². The Morgan fingerprint density at radius 3 is 2.62 bits per heavy atom. The van der Waals surface area contributed by atoms with Crippen molar-refractivity contribution in [2.24, 2.45) is 5.92 Å². The zero-order valence-electron chi connectivity index (χ0n) is 11.1. The van der Waals surface area contributed by atoms with Crippen LogP contribution in [0.4, 0.5) is 5.69 Å². The molecule has 0 aromatic heterocycles. The SMILES string of the molecule is CCC1(C)Nc2cccc(C)c2C(C)C1C. The van der Waals surface area contributed by atoms with Crippen LogP contribution in [0.25, 0.3) is 0 Å². The van der Waals surface area contributed by atoms with E-state index in [0.717, 1.165) is 0 Å². The lowest BCUT2D eigenvalue weighted by atomic mass is 9.70. The van der Waals surface area contributed by atoms with Crippen molar-refractivity contribution in [2.75, 3.05) is 5.32 Å². The molecule has 0 bridgehead atoms. The Kier molecular flexibility index (Phi) is 2.73. The number of hydrogen-bond donors (Lipinski definition) is 1. The molecule has 2 rings (SSSR count). The van der Waals surface area contributed by atoms with Gasteiger partial charge >= 0.3 is 0 Å². The number of anilines is 1. The van der Waals surface area contributed by atoms with E-state index < -0.39 is 0 Å². The van der Waals surface area contributed by atoms with Gasteiger partial charge in [0.1, 0.15) is 0 Å². The van der Waals surface area contributed by atoms with Crippen LogP contribution in [0.3, 0.4) is 0 Å². The third kappa shape index (κ3) is 1.53. The van der Waals surface area contributed by atoms with E-state index in [1.54, 1.807) is 0 Å². The van der Waals surface area contributed by atoms with Crippen molar-refractivity contribution in [3.63, 3.8) is 0 Å². The lowest BCUT2D eigenvalue weighted by Gasteiger charge is -2.46. The summed E-state index contributed by atoms with van der Waals surface area (Å²) in [6.07, 6.45) is 1.17. The Morgan fingerprint density at radius 1 is 1.31 bits per heavy atom. The molecule has 0 fully saturated rings. The maximum absolute atomic E-state index is 3.74. The smallest absolute Gasteiger partial charge is 0.0382 e. The van der Waals surface area contributed by atoms with Crippen LogP contribution in [0.2, 0.25) is 0 Å². The molecule has 3 atom stereocenters. The monoisotopic (exact) mass is 217 g/mol. The molecule has 0 aliphatic carbocycles. The molecule has 0 saturated carbocycles. The Hall–Kier alpha value is -0.980. The van der Waals surface area contributed by atoms with Gasteiger partial charge in [-0.05, 0) is 49.3 Å². The van der Waals surface area contributed by atoms with Gasteiger partial charge in [-0.1, -0.05) is 32.9 Å². The van der Waals surface area contributed by atoms with Crippen molar-refractivity contribution >= 4 is 5.69 Å². The topological polar surface area (TPSA) is 12.0 Å². The fourth-order valence-electron chi connectivity index (χ4n) is 3.03. The molecule has 0 saturated heterocycles. The Balaban J connectivity index is 2.52. The summed E-state index contributed by atoms with van der Waals surface area (Å²) in [5, 5.41) is 3.74. The average molecular weight is 217 g/mol. The highest BCUT2D eigenvalue weighted by Gasteiger charge is 2.39. The van der Waals surface area contributed by atoms with Crippen molar-refractivity contribution in [1.82, 2.24) is 0 Å². The van der Waals surface area contributed by atoms with Crippen LogP contribution in [-0.4, -0.2) is 5.54 Å². The highest BCUT2D eigenvalue weighted by molar-refractivity contribution is 5.60. The molecule has 88 valence electrons. The predicted octanol–water partition coefficient (Wildman–Crippen LogP) is 4.33. The van der Waals surface area contributed by atoms with Crippen molar-refractivity contribution in [3.05, 3.63) is 29.3 Å². The third-order valence-electron chi connectivity index (χ3n) is 4.69. The number of rotatable bonds is 1. The molecule has 3 unspecified atom stereocenters. The summed E-state index contributed by atoms with van der Waals surface area (Å²) in [4.78, 5) is 0. The molecule has 16 heavy (non-hydrogen) atoms. The first-order valence-corrected chi connectivity index (χ1v) is 6.37. The van der Waals surface area contributed by atoms with Crippen LogP contribution in [-0.2, 0) is 0 Å². The van der Waals surface area contributed by atoms with E-state index in [4.69, 9.17) is 0 Å². The summed E-state index contributed by atoms with van der Waals surface area (Å²) in [5.74, 6) is 1.31. The van der Waals surface area contributed by atoms with Crippen LogP contribution >= 0.6 is 0 Å². The van der Waals surface area contributed by atoms with E-state index in [-0.39, 0.29) is 5.54 Å².